The van der Waals surface area contributed by atoms with Gasteiger partial charge in [0.15, 0.2) is 0 Å². The number of aryl methyl sites for hydroxylation is 1. The topological polar surface area (TPSA) is 79.8 Å². The number of carbonyl (C=O) groups is 2. The van der Waals surface area contributed by atoms with Crippen molar-refractivity contribution < 1.29 is 14.4 Å². The highest BCUT2D eigenvalue weighted by Crippen LogP contribution is 2.17. The van der Waals surface area contributed by atoms with Gasteiger partial charge in [0, 0.05) is 13.5 Å². The number of oxime groups is 1. The van der Waals surface area contributed by atoms with Gasteiger partial charge in [0.2, 0.25) is 12.0 Å². The molecule has 1 aliphatic heterocycles. The monoisotopic (exact) mass is 289 g/mol. The van der Waals surface area contributed by atoms with E-state index in [0.717, 1.165) is 16.8 Å². The van der Waals surface area contributed by atoms with Crippen LogP contribution in [0.4, 0.5) is 0 Å². The standard InChI is InChI=1S/C15H19N3O3/c1-9-4-6-11(7-5-9)12-8-13(21-18-12)15(20)17-10(2)14(19)16-3/h4-7,10,13H,8H2,1-3H3,(H,16,19)(H,17,20). The van der Waals surface area contributed by atoms with Crippen LogP contribution in [0.15, 0.2) is 29.4 Å². The molecule has 1 aliphatic rings. The predicted molar refractivity (Wildman–Crippen MR) is 78.9 cm³/mol. The zero-order chi connectivity index (χ0) is 15.4. The van der Waals surface area contributed by atoms with Gasteiger partial charge in [-0.25, -0.2) is 0 Å². The number of nitrogens with one attached hydrogen (secondary N) is 2. The quantitative estimate of drug-likeness (QED) is 0.858. The van der Waals surface area contributed by atoms with Gasteiger partial charge in [0.05, 0.1) is 5.71 Å². The van der Waals surface area contributed by atoms with Crippen LogP contribution in [0.25, 0.3) is 0 Å². The largest absolute Gasteiger partial charge is 0.382 e. The lowest BCUT2D eigenvalue weighted by Crippen LogP contribution is -2.47. The van der Waals surface area contributed by atoms with Crippen molar-refractivity contribution in [2.75, 3.05) is 7.05 Å². The minimum absolute atomic E-state index is 0.249. The number of nitrogens with zero attached hydrogens (tertiary/aromatic N) is 1. The number of hydrogen-bond donors (Lipinski definition) is 2. The summed E-state index contributed by atoms with van der Waals surface area (Å²) in [5.74, 6) is -0.585. The lowest BCUT2D eigenvalue weighted by Gasteiger charge is -2.14. The summed E-state index contributed by atoms with van der Waals surface area (Å²) in [5.41, 5.74) is 2.84. The molecule has 21 heavy (non-hydrogen) atoms. The first-order valence-electron chi connectivity index (χ1n) is 6.83. The Kier molecular flexibility index (Phi) is 4.57. The zero-order valence-corrected chi connectivity index (χ0v) is 12.3. The molecule has 2 rings (SSSR count). The molecule has 2 atom stereocenters. The molecule has 2 amide bonds. The summed E-state index contributed by atoms with van der Waals surface area (Å²) < 4.78 is 0. The van der Waals surface area contributed by atoms with Crippen molar-refractivity contribution in [3.8, 4) is 0 Å². The third-order valence-electron chi connectivity index (χ3n) is 3.34. The summed E-state index contributed by atoms with van der Waals surface area (Å²) >= 11 is 0. The van der Waals surface area contributed by atoms with Crippen LogP contribution < -0.4 is 10.6 Å². The maximum absolute atomic E-state index is 12.0. The van der Waals surface area contributed by atoms with Crippen molar-refractivity contribution in [1.82, 2.24) is 10.6 Å². The molecule has 1 heterocycles. The Morgan fingerprint density at radius 1 is 1.33 bits per heavy atom. The minimum atomic E-state index is -0.687. The smallest absolute Gasteiger partial charge is 0.264 e. The first-order valence-corrected chi connectivity index (χ1v) is 6.83. The lowest BCUT2D eigenvalue weighted by molar-refractivity contribution is -0.135. The summed E-state index contributed by atoms with van der Waals surface area (Å²) in [6.07, 6.45) is -0.288. The Labute approximate surface area is 123 Å². The Balaban J connectivity index is 1.93. The molecular formula is C15H19N3O3. The molecular weight excluding hydrogens is 270 g/mol. The predicted octanol–water partition coefficient (Wildman–Crippen LogP) is 0.739. The van der Waals surface area contributed by atoms with E-state index in [-0.39, 0.29) is 11.8 Å². The molecule has 1 aromatic rings. The number of benzene rings is 1. The number of rotatable bonds is 4. The van der Waals surface area contributed by atoms with Crippen molar-refractivity contribution in [2.45, 2.75) is 32.4 Å². The second kappa shape index (κ2) is 6.39. The van der Waals surface area contributed by atoms with E-state index in [1.54, 1.807) is 6.92 Å². The molecule has 0 saturated carbocycles. The van der Waals surface area contributed by atoms with Crippen molar-refractivity contribution in [1.29, 1.82) is 0 Å². The third kappa shape index (κ3) is 3.59. The van der Waals surface area contributed by atoms with E-state index in [2.05, 4.69) is 15.8 Å². The van der Waals surface area contributed by atoms with Gasteiger partial charge in [-0.15, -0.1) is 0 Å². The third-order valence-corrected chi connectivity index (χ3v) is 3.34. The lowest BCUT2D eigenvalue weighted by atomic mass is 10.0. The number of amides is 2. The molecule has 0 saturated heterocycles. The average molecular weight is 289 g/mol. The average Bonchev–Trinajstić information content (AvgIpc) is 2.97. The van der Waals surface area contributed by atoms with Gasteiger partial charge >= 0.3 is 0 Å². The summed E-state index contributed by atoms with van der Waals surface area (Å²) in [5, 5.41) is 9.05. The molecule has 6 nitrogen and oxygen atoms in total. The van der Waals surface area contributed by atoms with Gasteiger partial charge in [-0.3, -0.25) is 9.59 Å². The van der Waals surface area contributed by atoms with Gasteiger partial charge in [-0.2, -0.15) is 0 Å². The second-order valence-electron chi connectivity index (χ2n) is 5.05. The van der Waals surface area contributed by atoms with Crippen LogP contribution >= 0.6 is 0 Å². The fourth-order valence-corrected chi connectivity index (χ4v) is 2.02. The fourth-order valence-electron chi connectivity index (χ4n) is 2.02. The molecule has 0 radical (unpaired) electrons. The van der Waals surface area contributed by atoms with Crippen molar-refractivity contribution >= 4 is 17.5 Å². The molecule has 1 aromatic carbocycles. The first kappa shape index (κ1) is 15.0. The van der Waals surface area contributed by atoms with Gasteiger partial charge in [0.25, 0.3) is 5.91 Å². The Morgan fingerprint density at radius 2 is 2.00 bits per heavy atom. The molecule has 0 bridgehead atoms. The SMILES string of the molecule is CNC(=O)C(C)NC(=O)C1CC(c2ccc(C)cc2)=NO1. The van der Waals surface area contributed by atoms with Gasteiger partial charge in [-0.1, -0.05) is 35.0 Å². The van der Waals surface area contributed by atoms with E-state index in [1.165, 1.54) is 7.05 Å². The van der Waals surface area contributed by atoms with Crippen LogP contribution in [-0.4, -0.2) is 36.7 Å². The minimum Gasteiger partial charge on any atom is -0.382 e. The Morgan fingerprint density at radius 3 is 2.62 bits per heavy atom. The van der Waals surface area contributed by atoms with Crippen LogP contribution in [0.1, 0.15) is 24.5 Å². The van der Waals surface area contributed by atoms with Crippen molar-refractivity contribution in [3.63, 3.8) is 0 Å². The molecule has 2 unspecified atom stereocenters. The molecule has 0 fully saturated rings. The van der Waals surface area contributed by atoms with E-state index >= 15 is 0 Å². The number of likely N-dealkylation sites (N-methyl/N-ethyl adjacent to an activating group) is 1. The summed E-state index contributed by atoms with van der Waals surface area (Å²) in [7, 11) is 1.52. The van der Waals surface area contributed by atoms with Crippen molar-refractivity contribution in [3.05, 3.63) is 35.4 Å². The summed E-state index contributed by atoms with van der Waals surface area (Å²) in [6.45, 7) is 3.63. The molecule has 0 aliphatic carbocycles. The first-order chi connectivity index (χ1) is 10.0. The van der Waals surface area contributed by atoms with E-state index in [0.29, 0.717) is 6.42 Å². The molecule has 0 aromatic heterocycles. The molecule has 6 heteroatoms. The highest BCUT2D eigenvalue weighted by atomic mass is 16.6. The summed E-state index contributed by atoms with van der Waals surface area (Å²) in [6, 6.07) is 7.27. The van der Waals surface area contributed by atoms with Crippen LogP contribution in [-0.2, 0) is 14.4 Å². The van der Waals surface area contributed by atoms with E-state index in [4.69, 9.17) is 4.84 Å². The van der Waals surface area contributed by atoms with Crippen LogP contribution in [0.5, 0.6) is 0 Å². The second-order valence-corrected chi connectivity index (χ2v) is 5.05. The number of hydrogen-bond acceptors (Lipinski definition) is 4. The van der Waals surface area contributed by atoms with Gasteiger partial charge < -0.3 is 15.5 Å². The van der Waals surface area contributed by atoms with E-state index in [9.17, 15) is 9.59 Å². The normalized spacial score (nSPS) is 18.4. The fraction of sp³-hybridized carbons (Fsp3) is 0.400. The maximum Gasteiger partial charge on any atom is 0.264 e. The Hall–Kier alpha value is -2.37. The molecule has 0 spiro atoms. The van der Waals surface area contributed by atoms with E-state index in [1.807, 2.05) is 31.2 Å². The highest BCUT2D eigenvalue weighted by Gasteiger charge is 2.30. The maximum atomic E-state index is 12.0. The van der Waals surface area contributed by atoms with Gasteiger partial charge in [-0.05, 0) is 19.4 Å². The van der Waals surface area contributed by atoms with Crippen molar-refractivity contribution in [2.24, 2.45) is 5.16 Å². The van der Waals surface area contributed by atoms with Gasteiger partial charge in [0.1, 0.15) is 6.04 Å². The number of carbonyl (C=O) groups excluding carboxylic acids is 2. The highest BCUT2D eigenvalue weighted by molar-refractivity contribution is 6.04. The van der Waals surface area contributed by atoms with Crippen LogP contribution in [0, 0.1) is 6.92 Å². The zero-order valence-electron chi connectivity index (χ0n) is 12.3. The van der Waals surface area contributed by atoms with E-state index < -0.39 is 12.1 Å². The summed E-state index contributed by atoms with van der Waals surface area (Å²) in [4.78, 5) is 28.6. The Bertz CT molecular complexity index is 566. The molecule has 112 valence electrons. The molecule has 2 N–H and O–H groups in total. The van der Waals surface area contributed by atoms with Crippen LogP contribution in [0.3, 0.4) is 0 Å². The van der Waals surface area contributed by atoms with Crippen LogP contribution in [0.2, 0.25) is 0 Å².